The van der Waals surface area contributed by atoms with Crippen LogP contribution in [0.15, 0.2) is 24.3 Å². The minimum atomic E-state index is 0.101. The number of rotatable bonds is 3. The highest BCUT2D eigenvalue weighted by molar-refractivity contribution is 5.78. The minimum absolute atomic E-state index is 0.101. The van der Waals surface area contributed by atoms with Gasteiger partial charge in [-0.2, -0.15) is 0 Å². The molecule has 4 heteroatoms. The normalized spacial score (nSPS) is 28.3. The highest BCUT2D eigenvalue weighted by atomic mass is 16.5. The van der Waals surface area contributed by atoms with E-state index in [0.29, 0.717) is 12.5 Å². The first kappa shape index (κ1) is 14.4. The highest BCUT2D eigenvalue weighted by Crippen LogP contribution is 2.33. The summed E-state index contributed by atoms with van der Waals surface area (Å²) in [6.45, 7) is 1.43. The molecule has 1 saturated carbocycles. The van der Waals surface area contributed by atoms with Crippen molar-refractivity contribution in [2.45, 2.75) is 44.1 Å². The molecule has 1 aliphatic heterocycles. The fourth-order valence-electron chi connectivity index (χ4n) is 3.46. The van der Waals surface area contributed by atoms with Crippen molar-refractivity contribution < 1.29 is 9.53 Å². The molecular formula is C17H24N2O2. The number of hydrogen-bond donors (Lipinski definition) is 2. The summed E-state index contributed by atoms with van der Waals surface area (Å²) in [5, 5.41) is 3.13. The number of hydrogen-bond acceptors (Lipinski definition) is 3. The Bertz CT molecular complexity index is 503. The molecule has 0 bridgehead atoms. The first-order chi connectivity index (χ1) is 10.2. The second-order valence-electron chi connectivity index (χ2n) is 6.24. The Morgan fingerprint density at radius 2 is 2.14 bits per heavy atom. The van der Waals surface area contributed by atoms with Crippen LogP contribution in [0.25, 0.3) is 0 Å². The number of carbonyl (C=O) groups is 1. The van der Waals surface area contributed by atoms with E-state index in [1.54, 1.807) is 0 Å². The molecular weight excluding hydrogens is 264 g/mol. The lowest BCUT2D eigenvalue weighted by Gasteiger charge is -2.28. The van der Waals surface area contributed by atoms with Crippen molar-refractivity contribution >= 4 is 5.91 Å². The topological polar surface area (TPSA) is 64.4 Å². The summed E-state index contributed by atoms with van der Waals surface area (Å²) in [5.41, 5.74) is 7.18. The number of para-hydroxylation sites is 1. The predicted molar refractivity (Wildman–Crippen MR) is 82.2 cm³/mol. The van der Waals surface area contributed by atoms with Gasteiger partial charge in [0, 0.05) is 24.4 Å². The van der Waals surface area contributed by atoms with Gasteiger partial charge >= 0.3 is 0 Å². The summed E-state index contributed by atoms with van der Waals surface area (Å²) < 4.78 is 5.66. The number of carbonyl (C=O) groups excluding carboxylic acids is 1. The molecule has 2 aliphatic rings. The number of ether oxygens (including phenoxy) is 1. The van der Waals surface area contributed by atoms with Crippen LogP contribution in [0.1, 0.15) is 43.6 Å². The maximum atomic E-state index is 12.3. The van der Waals surface area contributed by atoms with Gasteiger partial charge < -0.3 is 15.8 Å². The van der Waals surface area contributed by atoms with Gasteiger partial charge in [0.2, 0.25) is 5.91 Å². The molecule has 4 nitrogen and oxygen atoms in total. The molecule has 3 atom stereocenters. The molecule has 3 rings (SSSR count). The molecule has 0 aromatic heterocycles. The van der Waals surface area contributed by atoms with E-state index >= 15 is 0 Å². The van der Waals surface area contributed by atoms with E-state index < -0.39 is 0 Å². The molecule has 1 aromatic rings. The molecule has 114 valence electrons. The highest BCUT2D eigenvalue weighted by Gasteiger charge is 2.27. The van der Waals surface area contributed by atoms with Gasteiger partial charge in [-0.3, -0.25) is 4.79 Å². The van der Waals surface area contributed by atoms with Crippen LogP contribution in [-0.4, -0.2) is 25.1 Å². The summed E-state index contributed by atoms with van der Waals surface area (Å²) in [6.07, 6.45) is 4.89. The summed E-state index contributed by atoms with van der Waals surface area (Å²) in [5.74, 6) is 1.59. The molecule has 1 aromatic carbocycles. The standard InChI is InChI=1S/C17H24N2O2/c18-14-5-3-4-12(10-14)17(20)19-11-13-8-9-21-16-7-2-1-6-15(13)16/h1-2,6-7,12-14H,3-5,8-11,18H2,(H,19,20). The van der Waals surface area contributed by atoms with Crippen molar-refractivity contribution in [2.75, 3.05) is 13.2 Å². The molecule has 0 saturated heterocycles. The van der Waals surface area contributed by atoms with Gasteiger partial charge in [-0.25, -0.2) is 0 Å². The van der Waals surface area contributed by atoms with Crippen LogP contribution < -0.4 is 15.8 Å². The average molecular weight is 288 g/mol. The number of nitrogens with one attached hydrogen (secondary N) is 1. The largest absolute Gasteiger partial charge is 0.493 e. The average Bonchev–Trinajstić information content (AvgIpc) is 2.52. The minimum Gasteiger partial charge on any atom is -0.493 e. The van der Waals surface area contributed by atoms with E-state index in [1.165, 1.54) is 5.56 Å². The van der Waals surface area contributed by atoms with Crippen LogP contribution in [0.2, 0.25) is 0 Å². The first-order valence-electron chi connectivity index (χ1n) is 7.99. The first-order valence-corrected chi connectivity index (χ1v) is 7.99. The smallest absolute Gasteiger partial charge is 0.223 e. The summed E-state index contributed by atoms with van der Waals surface area (Å²) >= 11 is 0. The predicted octanol–water partition coefficient (Wildman–Crippen LogP) is 2.19. The van der Waals surface area contributed by atoms with E-state index in [0.717, 1.165) is 44.5 Å². The monoisotopic (exact) mass is 288 g/mol. The van der Waals surface area contributed by atoms with Crippen LogP contribution in [-0.2, 0) is 4.79 Å². The Morgan fingerprint density at radius 3 is 3.00 bits per heavy atom. The van der Waals surface area contributed by atoms with Gasteiger partial charge in [-0.05, 0) is 37.3 Å². The van der Waals surface area contributed by atoms with Gasteiger partial charge in [0.1, 0.15) is 5.75 Å². The lowest BCUT2D eigenvalue weighted by Crippen LogP contribution is -2.39. The van der Waals surface area contributed by atoms with E-state index in [9.17, 15) is 4.79 Å². The molecule has 3 N–H and O–H groups in total. The number of benzene rings is 1. The molecule has 0 radical (unpaired) electrons. The van der Waals surface area contributed by atoms with E-state index in [1.807, 2.05) is 18.2 Å². The van der Waals surface area contributed by atoms with Gasteiger partial charge in [-0.15, -0.1) is 0 Å². The van der Waals surface area contributed by atoms with Gasteiger partial charge in [0.15, 0.2) is 0 Å². The van der Waals surface area contributed by atoms with Crippen LogP contribution in [0.4, 0.5) is 0 Å². The second kappa shape index (κ2) is 6.48. The van der Waals surface area contributed by atoms with Crippen molar-refractivity contribution in [3.05, 3.63) is 29.8 Å². The molecule has 3 unspecified atom stereocenters. The van der Waals surface area contributed by atoms with Crippen molar-refractivity contribution in [3.8, 4) is 5.75 Å². The molecule has 1 aliphatic carbocycles. The maximum absolute atomic E-state index is 12.3. The van der Waals surface area contributed by atoms with Gasteiger partial charge in [0.25, 0.3) is 0 Å². The molecule has 1 fully saturated rings. The molecule has 0 spiro atoms. The number of amides is 1. The zero-order valence-electron chi connectivity index (χ0n) is 12.4. The summed E-state index contributed by atoms with van der Waals surface area (Å²) in [7, 11) is 0. The third-order valence-electron chi connectivity index (χ3n) is 4.69. The molecule has 21 heavy (non-hydrogen) atoms. The third-order valence-corrected chi connectivity index (χ3v) is 4.69. The lowest BCUT2D eigenvalue weighted by molar-refractivity contribution is -0.126. The van der Waals surface area contributed by atoms with Gasteiger partial charge in [-0.1, -0.05) is 24.6 Å². The van der Waals surface area contributed by atoms with E-state index in [-0.39, 0.29) is 17.9 Å². The Balaban J connectivity index is 1.57. The maximum Gasteiger partial charge on any atom is 0.223 e. The molecule has 1 heterocycles. The Kier molecular flexibility index (Phi) is 4.44. The quantitative estimate of drug-likeness (QED) is 0.896. The Morgan fingerprint density at radius 1 is 1.29 bits per heavy atom. The number of nitrogens with two attached hydrogens (primary N) is 1. The lowest BCUT2D eigenvalue weighted by atomic mass is 9.85. The van der Waals surface area contributed by atoms with Crippen molar-refractivity contribution in [1.29, 1.82) is 0 Å². The van der Waals surface area contributed by atoms with Crippen molar-refractivity contribution in [1.82, 2.24) is 5.32 Å². The second-order valence-corrected chi connectivity index (χ2v) is 6.24. The van der Waals surface area contributed by atoms with E-state index in [4.69, 9.17) is 10.5 Å². The third kappa shape index (κ3) is 3.38. The van der Waals surface area contributed by atoms with Gasteiger partial charge in [0.05, 0.1) is 6.61 Å². The fourth-order valence-corrected chi connectivity index (χ4v) is 3.46. The van der Waals surface area contributed by atoms with E-state index in [2.05, 4.69) is 11.4 Å². The Hall–Kier alpha value is -1.55. The Labute approximate surface area is 126 Å². The van der Waals surface area contributed by atoms with Crippen LogP contribution in [0.5, 0.6) is 5.75 Å². The summed E-state index contributed by atoms with van der Waals surface area (Å²) in [4.78, 5) is 12.3. The summed E-state index contributed by atoms with van der Waals surface area (Å²) in [6, 6.07) is 8.31. The van der Waals surface area contributed by atoms with Crippen LogP contribution >= 0.6 is 0 Å². The molecule has 1 amide bonds. The fraction of sp³-hybridized carbons (Fsp3) is 0.588. The van der Waals surface area contributed by atoms with Crippen molar-refractivity contribution in [3.63, 3.8) is 0 Å². The zero-order valence-corrected chi connectivity index (χ0v) is 12.4. The number of fused-ring (bicyclic) bond motifs is 1. The van der Waals surface area contributed by atoms with Crippen LogP contribution in [0.3, 0.4) is 0 Å². The van der Waals surface area contributed by atoms with Crippen molar-refractivity contribution in [2.24, 2.45) is 11.7 Å². The SMILES string of the molecule is NC1CCCC(C(=O)NCC2CCOc3ccccc32)C1. The zero-order chi connectivity index (χ0) is 14.7. The van der Waals surface area contributed by atoms with Crippen LogP contribution in [0, 0.1) is 5.92 Å².